The summed E-state index contributed by atoms with van der Waals surface area (Å²) in [6.07, 6.45) is -0.260. The number of nitrogens with two attached hydrogens (primary N) is 2. The molecular weight excluding hydrogens is 557 g/mol. The number of rotatable bonds is 7. The third kappa shape index (κ3) is 8.20. The Balaban J connectivity index is 1.42. The fourth-order valence-corrected chi connectivity index (χ4v) is 5.01. The number of hydrogen-bond acceptors (Lipinski definition) is 8. The second kappa shape index (κ2) is 12.7. The molecule has 1 aliphatic carbocycles. The highest BCUT2D eigenvalue weighted by Crippen LogP contribution is 2.29. The third-order valence-electron chi connectivity index (χ3n) is 7.35. The minimum atomic E-state index is -4.93. The molecule has 2 heterocycles. The zero-order valence-electron chi connectivity index (χ0n) is 23.6. The predicted octanol–water partition coefficient (Wildman–Crippen LogP) is 1.90. The van der Waals surface area contributed by atoms with Crippen molar-refractivity contribution >= 4 is 17.8 Å². The van der Waals surface area contributed by atoms with Crippen molar-refractivity contribution in [1.29, 1.82) is 0 Å². The number of aromatic nitrogens is 2. The SMILES string of the molecule is CC(C)(N)C(=O)N1CCN(C(=O)Nc2ccn(-c3ccc(CNC4CCC(N)CC4)c(OC(F)(F)F)c3)c(=O)n2)CC1. The van der Waals surface area contributed by atoms with Gasteiger partial charge in [-0.3, -0.25) is 14.7 Å². The van der Waals surface area contributed by atoms with Gasteiger partial charge in [-0.15, -0.1) is 13.2 Å². The summed E-state index contributed by atoms with van der Waals surface area (Å²) in [6.45, 7) is 4.54. The average molecular weight is 595 g/mol. The first-order valence-electron chi connectivity index (χ1n) is 13.8. The lowest BCUT2D eigenvalue weighted by Gasteiger charge is -2.37. The van der Waals surface area contributed by atoms with E-state index in [1.807, 2.05) is 0 Å². The smallest absolute Gasteiger partial charge is 0.405 e. The number of amides is 3. The van der Waals surface area contributed by atoms with Crippen LogP contribution in [-0.4, -0.2) is 81.5 Å². The van der Waals surface area contributed by atoms with Crippen LogP contribution in [0.1, 0.15) is 45.1 Å². The van der Waals surface area contributed by atoms with Gasteiger partial charge in [0, 0.05) is 62.6 Å². The molecule has 3 amide bonds. The molecule has 0 unspecified atom stereocenters. The van der Waals surface area contributed by atoms with Gasteiger partial charge in [0.1, 0.15) is 11.6 Å². The summed E-state index contributed by atoms with van der Waals surface area (Å²) in [7, 11) is 0. The van der Waals surface area contributed by atoms with Crippen molar-refractivity contribution in [1.82, 2.24) is 24.7 Å². The van der Waals surface area contributed by atoms with Gasteiger partial charge in [-0.25, -0.2) is 9.59 Å². The van der Waals surface area contributed by atoms with Crippen molar-refractivity contribution < 1.29 is 27.5 Å². The molecule has 1 aromatic carbocycles. The monoisotopic (exact) mass is 594 g/mol. The van der Waals surface area contributed by atoms with Crippen LogP contribution in [0.15, 0.2) is 35.3 Å². The summed E-state index contributed by atoms with van der Waals surface area (Å²) in [5, 5.41) is 5.82. The van der Waals surface area contributed by atoms with Gasteiger partial charge in [0.25, 0.3) is 0 Å². The van der Waals surface area contributed by atoms with Crippen molar-refractivity contribution in [3.8, 4) is 11.4 Å². The number of halogens is 3. The number of benzene rings is 1. The number of nitrogens with zero attached hydrogens (tertiary/aromatic N) is 4. The maximum absolute atomic E-state index is 13.2. The van der Waals surface area contributed by atoms with Crippen molar-refractivity contribution in [2.75, 3.05) is 31.5 Å². The molecular formula is C27H37F3N8O4. The fourth-order valence-electron chi connectivity index (χ4n) is 5.01. The van der Waals surface area contributed by atoms with Crippen LogP contribution in [0.3, 0.4) is 0 Å². The number of anilines is 1. The van der Waals surface area contributed by atoms with Crippen molar-refractivity contribution in [2.24, 2.45) is 11.5 Å². The van der Waals surface area contributed by atoms with Crippen LogP contribution in [-0.2, 0) is 11.3 Å². The van der Waals surface area contributed by atoms with Crippen molar-refractivity contribution in [2.45, 2.75) is 70.1 Å². The Bertz CT molecular complexity index is 1330. The first-order valence-corrected chi connectivity index (χ1v) is 13.8. The molecule has 1 aromatic heterocycles. The van der Waals surface area contributed by atoms with E-state index in [4.69, 9.17) is 11.5 Å². The summed E-state index contributed by atoms with van der Waals surface area (Å²) in [4.78, 5) is 44.8. The van der Waals surface area contributed by atoms with Gasteiger partial charge < -0.3 is 31.3 Å². The maximum atomic E-state index is 13.2. The molecule has 15 heteroatoms. The lowest BCUT2D eigenvalue weighted by molar-refractivity contribution is -0.274. The first-order chi connectivity index (χ1) is 19.7. The van der Waals surface area contributed by atoms with E-state index in [0.717, 1.165) is 36.3 Å². The molecule has 4 rings (SSSR count). The lowest BCUT2D eigenvalue weighted by Crippen LogP contribution is -2.58. The Morgan fingerprint density at radius 2 is 1.69 bits per heavy atom. The van der Waals surface area contributed by atoms with E-state index in [1.165, 1.54) is 29.3 Å². The molecule has 1 saturated heterocycles. The van der Waals surface area contributed by atoms with E-state index in [1.54, 1.807) is 18.7 Å². The zero-order valence-corrected chi connectivity index (χ0v) is 23.6. The zero-order chi connectivity index (χ0) is 30.7. The Kier molecular flexibility index (Phi) is 9.43. The highest BCUT2D eigenvalue weighted by molar-refractivity contribution is 5.89. The van der Waals surface area contributed by atoms with Crippen LogP contribution in [0.25, 0.3) is 5.69 Å². The van der Waals surface area contributed by atoms with Crippen molar-refractivity contribution in [3.05, 3.63) is 46.5 Å². The average Bonchev–Trinajstić information content (AvgIpc) is 2.91. The van der Waals surface area contributed by atoms with Crippen LogP contribution in [0.5, 0.6) is 5.75 Å². The Morgan fingerprint density at radius 3 is 2.29 bits per heavy atom. The second-order valence-corrected chi connectivity index (χ2v) is 11.2. The summed E-state index contributed by atoms with van der Waals surface area (Å²) in [5.41, 5.74) is 10.4. The second-order valence-electron chi connectivity index (χ2n) is 11.2. The van der Waals surface area contributed by atoms with E-state index >= 15 is 0 Å². The summed E-state index contributed by atoms with van der Waals surface area (Å²) in [5.74, 6) is -0.669. The maximum Gasteiger partial charge on any atom is 0.573 e. The topological polar surface area (TPSA) is 161 Å². The molecule has 2 aliphatic rings. The van der Waals surface area contributed by atoms with E-state index in [9.17, 15) is 27.6 Å². The molecule has 0 radical (unpaired) electrons. The number of piperazine rings is 1. The van der Waals surface area contributed by atoms with Crippen LogP contribution in [0.2, 0.25) is 0 Å². The molecule has 230 valence electrons. The minimum absolute atomic E-state index is 0.0253. The summed E-state index contributed by atoms with van der Waals surface area (Å²) < 4.78 is 45.0. The summed E-state index contributed by atoms with van der Waals surface area (Å²) >= 11 is 0. The molecule has 12 nitrogen and oxygen atoms in total. The summed E-state index contributed by atoms with van der Waals surface area (Å²) in [6, 6.07) is 5.25. The van der Waals surface area contributed by atoms with Crippen LogP contribution in [0.4, 0.5) is 23.8 Å². The van der Waals surface area contributed by atoms with Gasteiger partial charge in [-0.2, -0.15) is 4.98 Å². The molecule has 2 aromatic rings. The number of urea groups is 1. The molecule has 6 N–H and O–H groups in total. The van der Waals surface area contributed by atoms with Crippen LogP contribution >= 0.6 is 0 Å². The predicted molar refractivity (Wildman–Crippen MR) is 149 cm³/mol. The van der Waals surface area contributed by atoms with Crippen LogP contribution < -0.4 is 32.5 Å². The van der Waals surface area contributed by atoms with Crippen molar-refractivity contribution in [3.63, 3.8) is 0 Å². The molecule has 0 atom stereocenters. The number of ether oxygens (including phenoxy) is 1. The Hall–Kier alpha value is -3.69. The number of carbonyl (C=O) groups is 2. The lowest BCUT2D eigenvalue weighted by atomic mass is 9.92. The van der Waals surface area contributed by atoms with Gasteiger partial charge in [0.15, 0.2) is 0 Å². The molecule has 1 aliphatic heterocycles. The van der Waals surface area contributed by atoms with Crippen LogP contribution in [0, 0.1) is 0 Å². The molecule has 0 spiro atoms. The Labute approximate surface area is 241 Å². The number of hydrogen-bond donors (Lipinski definition) is 4. The van der Waals surface area contributed by atoms with E-state index < -0.39 is 29.4 Å². The van der Waals surface area contributed by atoms with Gasteiger partial charge in [-0.05, 0) is 51.7 Å². The van der Waals surface area contributed by atoms with E-state index in [-0.39, 0.29) is 54.7 Å². The van der Waals surface area contributed by atoms with E-state index in [2.05, 4.69) is 20.4 Å². The number of alkyl halides is 3. The number of carbonyl (C=O) groups excluding carboxylic acids is 2. The van der Waals surface area contributed by atoms with Gasteiger partial charge in [0.05, 0.1) is 11.2 Å². The highest BCUT2D eigenvalue weighted by Gasteiger charge is 2.33. The highest BCUT2D eigenvalue weighted by atomic mass is 19.4. The largest absolute Gasteiger partial charge is 0.573 e. The molecule has 2 fully saturated rings. The normalized spacial score (nSPS) is 19.9. The van der Waals surface area contributed by atoms with Gasteiger partial charge in [0.2, 0.25) is 5.91 Å². The van der Waals surface area contributed by atoms with Gasteiger partial charge in [-0.1, -0.05) is 6.07 Å². The standard InChI is InChI=1S/C27H37F3N8O4/c1-26(2,32)23(39)36-11-13-37(14-12-36)24(40)34-22-9-10-38(25(41)35-22)20-8-3-17(21(15-20)42-27(28,29)30)16-33-19-6-4-18(31)5-7-19/h3,8-10,15,18-19,33H,4-7,11-14,16,31-32H2,1-2H3,(H,34,35,40,41). The molecule has 1 saturated carbocycles. The molecule has 0 bridgehead atoms. The third-order valence-corrected chi connectivity index (χ3v) is 7.35. The fraction of sp³-hybridized carbons (Fsp3) is 0.556. The first kappa shape index (κ1) is 31.3. The minimum Gasteiger partial charge on any atom is -0.405 e. The number of nitrogens with one attached hydrogen (secondary N) is 2. The van der Waals surface area contributed by atoms with E-state index in [0.29, 0.717) is 13.1 Å². The quantitative estimate of drug-likeness (QED) is 0.378. The molecule has 42 heavy (non-hydrogen) atoms. The van der Waals surface area contributed by atoms with Gasteiger partial charge >= 0.3 is 18.1 Å². The Morgan fingerprint density at radius 1 is 1.05 bits per heavy atom.